The zero-order valence-corrected chi connectivity index (χ0v) is 20.7. The van der Waals surface area contributed by atoms with Gasteiger partial charge in [-0.25, -0.2) is 4.57 Å². The van der Waals surface area contributed by atoms with Crippen molar-refractivity contribution in [3.8, 4) is 22.7 Å². The molecular formula is C28H28N4O2S. The number of ether oxygens (including phenoxy) is 1. The van der Waals surface area contributed by atoms with E-state index in [0.717, 1.165) is 59.8 Å². The molecule has 0 atom stereocenters. The molecule has 35 heavy (non-hydrogen) atoms. The average Bonchev–Trinajstić information content (AvgIpc) is 3.31. The van der Waals surface area contributed by atoms with Crippen molar-refractivity contribution < 1.29 is 4.74 Å². The topological polar surface area (TPSA) is 61.4 Å². The fourth-order valence-corrected chi connectivity index (χ4v) is 6.64. The molecular weight excluding hydrogens is 456 g/mol. The zero-order valence-electron chi connectivity index (χ0n) is 19.9. The molecule has 4 aromatic rings. The monoisotopic (exact) mass is 484 g/mol. The van der Waals surface area contributed by atoms with Crippen LogP contribution < -0.4 is 10.3 Å². The van der Waals surface area contributed by atoms with E-state index in [4.69, 9.17) is 4.74 Å². The molecule has 1 saturated carbocycles. The fourth-order valence-electron chi connectivity index (χ4n) is 5.97. The normalized spacial score (nSPS) is 16.1. The number of thioether (sulfide) groups is 1. The van der Waals surface area contributed by atoms with Crippen molar-refractivity contribution in [1.82, 2.24) is 19.2 Å². The lowest BCUT2D eigenvalue weighted by molar-refractivity contribution is 0.284. The minimum atomic E-state index is -0.182. The van der Waals surface area contributed by atoms with Gasteiger partial charge in [0.25, 0.3) is 5.56 Å². The van der Waals surface area contributed by atoms with E-state index in [-0.39, 0.29) is 11.0 Å². The maximum Gasteiger partial charge on any atom is 0.263 e. The van der Waals surface area contributed by atoms with Crippen molar-refractivity contribution in [2.24, 2.45) is 0 Å². The van der Waals surface area contributed by atoms with E-state index in [2.05, 4.69) is 45.4 Å². The Hall–Kier alpha value is -3.32. The van der Waals surface area contributed by atoms with Gasteiger partial charge in [0, 0.05) is 28.4 Å². The van der Waals surface area contributed by atoms with Gasteiger partial charge >= 0.3 is 0 Å². The van der Waals surface area contributed by atoms with Gasteiger partial charge in [0.2, 0.25) is 5.78 Å². The number of hydrogen-bond donors (Lipinski definition) is 0. The van der Waals surface area contributed by atoms with Gasteiger partial charge in [-0.05, 0) is 37.0 Å². The summed E-state index contributed by atoms with van der Waals surface area (Å²) in [4.78, 5) is 14.6. The number of methoxy groups -OCH3 is 1. The van der Waals surface area contributed by atoms with Crippen LogP contribution in [0.15, 0.2) is 71.1 Å². The van der Waals surface area contributed by atoms with Crippen molar-refractivity contribution in [2.75, 3.05) is 12.9 Å². The Bertz CT molecular complexity index is 1500. The summed E-state index contributed by atoms with van der Waals surface area (Å²) in [6.07, 6.45) is 8.29. The van der Waals surface area contributed by atoms with Gasteiger partial charge in [-0.2, -0.15) is 0 Å². The van der Waals surface area contributed by atoms with Crippen molar-refractivity contribution in [1.29, 1.82) is 0 Å². The molecule has 6 rings (SSSR count). The van der Waals surface area contributed by atoms with E-state index >= 15 is 0 Å². The lowest BCUT2D eigenvalue weighted by atomic mass is 9.62. The first-order valence-corrected chi connectivity index (χ1v) is 13.2. The lowest BCUT2D eigenvalue weighted by Gasteiger charge is -2.42. The summed E-state index contributed by atoms with van der Waals surface area (Å²) in [5.74, 6) is 1.93. The van der Waals surface area contributed by atoms with Gasteiger partial charge in [-0.1, -0.05) is 67.4 Å². The molecule has 2 heterocycles. The molecule has 2 aromatic carbocycles. The number of aromatic nitrogens is 4. The molecule has 2 aromatic heterocycles. The highest BCUT2D eigenvalue weighted by Crippen LogP contribution is 2.49. The molecule has 0 radical (unpaired) electrons. The van der Waals surface area contributed by atoms with Crippen LogP contribution in [0.25, 0.3) is 22.7 Å². The second-order valence-corrected chi connectivity index (χ2v) is 10.4. The molecule has 0 saturated heterocycles. The van der Waals surface area contributed by atoms with Crippen LogP contribution in [0.4, 0.5) is 0 Å². The van der Waals surface area contributed by atoms with Gasteiger partial charge in [-0.3, -0.25) is 9.20 Å². The van der Waals surface area contributed by atoms with Crippen molar-refractivity contribution >= 4 is 17.5 Å². The van der Waals surface area contributed by atoms with Gasteiger partial charge < -0.3 is 4.74 Å². The molecule has 2 aliphatic rings. The number of hydrogen-bond acceptors (Lipinski definition) is 5. The Kier molecular flexibility index (Phi) is 5.52. The smallest absolute Gasteiger partial charge is 0.263 e. The highest BCUT2D eigenvalue weighted by Gasteiger charge is 2.44. The van der Waals surface area contributed by atoms with E-state index in [0.29, 0.717) is 17.3 Å². The highest BCUT2D eigenvalue weighted by atomic mass is 32.2. The first kappa shape index (κ1) is 22.2. The van der Waals surface area contributed by atoms with Crippen LogP contribution in [0.1, 0.15) is 43.2 Å². The fraction of sp³-hybridized carbons (Fsp3) is 0.321. The van der Waals surface area contributed by atoms with E-state index in [1.165, 1.54) is 12.0 Å². The lowest BCUT2D eigenvalue weighted by Crippen LogP contribution is -2.43. The Morgan fingerprint density at radius 2 is 1.94 bits per heavy atom. The summed E-state index contributed by atoms with van der Waals surface area (Å²) in [5, 5.41) is 9.89. The molecule has 0 bridgehead atoms. The molecule has 0 unspecified atom stereocenters. The molecule has 2 aliphatic carbocycles. The van der Waals surface area contributed by atoms with Crippen LogP contribution >= 0.6 is 11.8 Å². The third-order valence-electron chi connectivity index (χ3n) is 7.48. The summed E-state index contributed by atoms with van der Waals surface area (Å²) in [6, 6.07) is 16.1. The maximum atomic E-state index is 14.6. The first-order valence-electron chi connectivity index (χ1n) is 12.2. The van der Waals surface area contributed by atoms with Gasteiger partial charge in [-0.15, -0.1) is 16.8 Å². The second kappa shape index (κ2) is 8.72. The van der Waals surface area contributed by atoms with Crippen molar-refractivity contribution in [3.63, 3.8) is 0 Å². The van der Waals surface area contributed by atoms with Crippen LogP contribution in [0.5, 0.6) is 5.75 Å². The number of rotatable bonds is 5. The largest absolute Gasteiger partial charge is 0.497 e. The van der Waals surface area contributed by atoms with Crippen LogP contribution in [-0.2, 0) is 11.8 Å². The average molecular weight is 485 g/mol. The molecule has 0 N–H and O–H groups in total. The number of benzene rings is 2. The molecule has 7 heteroatoms. The Labute approximate surface area is 208 Å². The third-order valence-corrected chi connectivity index (χ3v) is 8.40. The second-order valence-electron chi connectivity index (χ2n) is 9.46. The van der Waals surface area contributed by atoms with Crippen molar-refractivity contribution in [3.05, 3.63) is 82.7 Å². The summed E-state index contributed by atoms with van der Waals surface area (Å²) in [7, 11) is 1.64. The SMILES string of the molecule is C=CCSc1nnc2n(-c3cccc(OC)c3)c(=O)c3c(n12)-c1ccccc1CC31CCCCC1. The predicted molar refractivity (Wildman–Crippen MR) is 140 cm³/mol. The quantitative estimate of drug-likeness (QED) is 0.273. The molecule has 1 fully saturated rings. The summed E-state index contributed by atoms with van der Waals surface area (Å²) < 4.78 is 9.32. The zero-order chi connectivity index (χ0) is 24.0. The molecule has 0 amide bonds. The van der Waals surface area contributed by atoms with Crippen LogP contribution in [0.3, 0.4) is 0 Å². The first-order chi connectivity index (χ1) is 17.2. The van der Waals surface area contributed by atoms with E-state index in [1.807, 2.05) is 30.3 Å². The summed E-state index contributed by atoms with van der Waals surface area (Å²) in [6.45, 7) is 3.88. The number of fused-ring (bicyclic) bond motifs is 6. The highest BCUT2D eigenvalue weighted by molar-refractivity contribution is 7.99. The summed E-state index contributed by atoms with van der Waals surface area (Å²) >= 11 is 1.59. The van der Waals surface area contributed by atoms with Crippen molar-refractivity contribution in [2.45, 2.75) is 49.1 Å². The Morgan fingerprint density at radius 3 is 2.74 bits per heavy atom. The molecule has 0 aliphatic heterocycles. The van der Waals surface area contributed by atoms with Crippen LogP contribution in [0.2, 0.25) is 0 Å². The van der Waals surface area contributed by atoms with E-state index < -0.39 is 0 Å². The molecule has 6 nitrogen and oxygen atoms in total. The number of nitrogens with zero attached hydrogens (tertiary/aromatic N) is 4. The van der Waals surface area contributed by atoms with E-state index in [1.54, 1.807) is 23.4 Å². The van der Waals surface area contributed by atoms with Gasteiger partial charge in [0.15, 0.2) is 5.16 Å². The van der Waals surface area contributed by atoms with E-state index in [9.17, 15) is 4.79 Å². The minimum absolute atomic E-state index is 0.00447. The van der Waals surface area contributed by atoms with Crippen LogP contribution in [-0.4, -0.2) is 32.0 Å². The Balaban J connectivity index is 1.77. The maximum absolute atomic E-state index is 14.6. The summed E-state index contributed by atoms with van der Waals surface area (Å²) in [5.41, 5.74) is 4.84. The third kappa shape index (κ3) is 3.44. The Morgan fingerprint density at radius 1 is 1.11 bits per heavy atom. The molecule has 178 valence electrons. The predicted octanol–water partition coefficient (Wildman–Crippen LogP) is 5.59. The van der Waals surface area contributed by atoms with Gasteiger partial charge in [0.05, 0.1) is 18.5 Å². The molecule has 1 spiro atoms. The standard InChI is InChI=1S/C28H28N4O2S/c1-3-16-35-27-30-29-26-31(20-11-9-12-21(17-20)34-2)25(33)23-24(32(26)27)22-13-6-5-10-19(22)18-28(23)14-7-4-8-15-28/h3,5-6,9-13,17H,1,4,7-8,14-16,18H2,2H3. The van der Waals surface area contributed by atoms with Gasteiger partial charge in [0.1, 0.15) is 5.75 Å². The minimum Gasteiger partial charge on any atom is -0.497 e. The van der Waals surface area contributed by atoms with Crippen LogP contribution in [0, 0.1) is 0 Å².